The number of guanidine groups is 1. The molecule has 1 saturated carbocycles. The summed E-state index contributed by atoms with van der Waals surface area (Å²) in [5.41, 5.74) is 4.74. The third-order valence-electron chi connectivity index (χ3n) is 8.20. The van der Waals surface area contributed by atoms with Gasteiger partial charge in [-0.05, 0) is 54.7 Å². The summed E-state index contributed by atoms with van der Waals surface area (Å²) < 4.78 is 15.0. The van der Waals surface area contributed by atoms with Crippen LogP contribution < -0.4 is 0 Å². The summed E-state index contributed by atoms with van der Waals surface area (Å²) in [5, 5.41) is 10.9. The second-order valence-electron chi connectivity index (χ2n) is 10.5. The Balaban J connectivity index is 1.15. The number of benzene rings is 2. The molecule has 4 aliphatic rings. The first-order valence-electron chi connectivity index (χ1n) is 12.7. The molecule has 182 valence electrons. The van der Waals surface area contributed by atoms with Gasteiger partial charge in [-0.2, -0.15) is 0 Å². The molecule has 0 spiro atoms. The van der Waals surface area contributed by atoms with Crippen LogP contribution in [0.1, 0.15) is 36.0 Å². The standard InChI is InChI=1S/C29H28FN5O/c30-25-13-19(3-4-21(25)16-34-11-7-24(36)18-34)22-14-32-28-33-15-27(35(28)17-22)29(8-9-29)23-5-6-26-20(12-23)2-1-10-31-26/h1-6,10,12-14,17,24,27,36H,7-9,11,15-16,18H2/t24-,27?/m0/s1. The minimum atomic E-state index is -0.304. The number of aliphatic hydroxyl groups is 1. The van der Waals surface area contributed by atoms with Gasteiger partial charge in [0, 0.05) is 60.2 Å². The number of pyridine rings is 1. The van der Waals surface area contributed by atoms with Crippen molar-refractivity contribution in [1.82, 2.24) is 14.8 Å². The fourth-order valence-corrected chi connectivity index (χ4v) is 6.02. The van der Waals surface area contributed by atoms with Crippen molar-refractivity contribution < 1.29 is 9.50 Å². The van der Waals surface area contributed by atoms with E-state index in [2.05, 4.69) is 50.2 Å². The molecule has 36 heavy (non-hydrogen) atoms. The van der Waals surface area contributed by atoms with E-state index in [0.29, 0.717) is 25.2 Å². The van der Waals surface area contributed by atoms with Gasteiger partial charge in [0.2, 0.25) is 5.96 Å². The SMILES string of the molecule is O[C@H]1CCN(Cc2ccc(C3=CN4C(=NCC4C4(c5ccc6ncccc6c5)CC4)N=C3)cc2F)C1. The summed E-state index contributed by atoms with van der Waals surface area (Å²) >= 11 is 0. The lowest BCUT2D eigenvalue weighted by Gasteiger charge is -2.32. The number of allylic oxidation sites excluding steroid dienone is 1. The van der Waals surface area contributed by atoms with E-state index in [1.54, 1.807) is 12.3 Å². The van der Waals surface area contributed by atoms with Gasteiger partial charge in [-0.3, -0.25) is 9.88 Å². The third kappa shape index (κ3) is 3.65. The topological polar surface area (TPSA) is 64.3 Å². The maximum absolute atomic E-state index is 15.0. The molecule has 6 nitrogen and oxygen atoms in total. The third-order valence-corrected chi connectivity index (χ3v) is 8.20. The van der Waals surface area contributed by atoms with Crippen LogP contribution in [-0.2, 0) is 12.0 Å². The number of nitrogens with zero attached hydrogens (tertiary/aromatic N) is 5. The van der Waals surface area contributed by atoms with Gasteiger partial charge in [-0.25, -0.2) is 14.4 Å². The largest absolute Gasteiger partial charge is 0.392 e. The maximum atomic E-state index is 15.0. The summed E-state index contributed by atoms with van der Waals surface area (Å²) in [7, 11) is 0. The van der Waals surface area contributed by atoms with E-state index < -0.39 is 0 Å². The number of fused-ring (bicyclic) bond motifs is 2. The zero-order chi connectivity index (χ0) is 24.3. The van der Waals surface area contributed by atoms with E-state index in [0.717, 1.165) is 53.8 Å². The fraction of sp³-hybridized carbons (Fsp3) is 0.345. The summed E-state index contributed by atoms with van der Waals surface area (Å²) in [6.45, 7) is 2.63. The van der Waals surface area contributed by atoms with E-state index >= 15 is 4.39 Å². The van der Waals surface area contributed by atoms with Gasteiger partial charge in [-0.1, -0.05) is 24.3 Å². The van der Waals surface area contributed by atoms with Crippen molar-refractivity contribution in [3.05, 3.63) is 83.4 Å². The molecule has 7 heteroatoms. The first kappa shape index (κ1) is 21.8. The van der Waals surface area contributed by atoms with Crippen LogP contribution in [0, 0.1) is 5.82 Å². The van der Waals surface area contributed by atoms with Crippen molar-refractivity contribution in [2.75, 3.05) is 19.6 Å². The van der Waals surface area contributed by atoms with Crippen LogP contribution in [-0.4, -0.2) is 63.8 Å². The molecular weight excluding hydrogens is 453 g/mol. The summed E-state index contributed by atoms with van der Waals surface area (Å²) in [6, 6.07) is 16.3. The lowest BCUT2D eigenvalue weighted by molar-refractivity contribution is 0.174. The van der Waals surface area contributed by atoms with Crippen molar-refractivity contribution in [1.29, 1.82) is 0 Å². The first-order valence-corrected chi connectivity index (χ1v) is 12.7. The van der Waals surface area contributed by atoms with E-state index in [1.165, 1.54) is 5.56 Å². The lowest BCUT2D eigenvalue weighted by Crippen LogP contribution is -2.42. The number of β-amino-alcohol motifs (C(OH)–C–C–N with tert-alkyl or cyclic N) is 1. The lowest BCUT2D eigenvalue weighted by atomic mass is 9.86. The van der Waals surface area contributed by atoms with Crippen molar-refractivity contribution in [3.63, 3.8) is 0 Å². The van der Waals surface area contributed by atoms with Crippen LogP contribution in [0.2, 0.25) is 0 Å². The summed E-state index contributed by atoms with van der Waals surface area (Å²) in [6.07, 6.45) is 8.40. The predicted octanol–water partition coefficient (Wildman–Crippen LogP) is 4.14. The van der Waals surface area contributed by atoms with E-state index in [9.17, 15) is 5.11 Å². The molecule has 1 saturated heterocycles. The Bertz CT molecular complexity index is 1440. The number of aliphatic imine (C=N–C) groups is 2. The van der Waals surface area contributed by atoms with Gasteiger partial charge in [0.1, 0.15) is 5.82 Å². The van der Waals surface area contributed by atoms with Gasteiger partial charge in [-0.15, -0.1) is 0 Å². The number of aromatic nitrogens is 1. The van der Waals surface area contributed by atoms with Crippen molar-refractivity contribution >= 4 is 28.7 Å². The molecule has 3 aromatic rings. The van der Waals surface area contributed by atoms with Crippen LogP contribution in [0.5, 0.6) is 0 Å². The summed E-state index contributed by atoms with van der Waals surface area (Å²) in [4.78, 5) is 18.2. The molecular formula is C29H28FN5O. The van der Waals surface area contributed by atoms with Crippen molar-refractivity contribution in [2.45, 2.75) is 43.4 Å². The Kier molecular flexibility index (Phi) is 5.04. The molecule has 1 aromatic heterocycles. The molecule has 4 heterocycles. The number of hydrogen-bond donors (Lipinski definition) is 1. The zero-order valence-electron chi connectivity index (χ0n) is 20.0. The fourth-order valence-electron chi connectivity index (χ4n) is 6.02. The quantitative estimate of drug-likeness (QED) is 0.595. The molecule has 2 atom stereocenters. The first-order chi connectivity index (χ1) is 17.6. The van der Waals surface area contributed by atoms with Crippen LogP contribution in [0.3, 0.4) is 0 Å². The van der Waals surface area contributed by atoms with Gasteiger partial charge < -0.3 is 10.0 Å². The second-order valence-corrected chi connectivity index (χ2v) is 10.5. The molecule has 3 aliphatic heterocycles. The minimum Gasteiger partial charge on any atom is -0.392 e. The van der Waals surface area contributed by atoms with Crippen LogP contribution in [0.25, 0.3) is 16.5 Å². The molecule has 1 N–H and O–H groups in total. The molecule has 2 fully saturated rings. The molecule has 0 radical (unpaired) electrons. The monoisotopic (exact) mass is 481 g/mol. The Labute approximate surface area is 209 Å². The normalized spacial score (nSPS) is 24.7. The molecule has 1 unspecified atom stereocenters. The highest BCUT2D eigenvalue weighted by atomic mass is 19.1. The van der Waals surface area contributed by atoms with E-state index in [-0.39, 0.29) is 23.4 Å². The predicted molar refractivity (Wildman–Crippen MR) is 139 cm³/mol. The molecule has 7 rings (SSSR count). The van der Waals surface area contributed by atoms with Crippen LogP contribution in [0.15, 0.2) is 70.9 Å². The number of halogens is 1. The minimum absolute atomic E-state index is 0.0408. The second kappa shape index (κ2) is 8.32. The average Bonchev–Trinajstić information content (AvgIpc) is 3.42. The number of likely N-dealkylation sites (tertiary alicyclic amines) is 1. The number of hydrogen-bond acceptors (Lipinski definition) is 6. The Morgan fingerprint density at radius 3 is 2.83 bits per heavy atom. The molecule has 0 bridgehead atoms. The maximum Gasteiger partial charge on any atom is 0.225 e. The molecule has 2 aromatic carbocycles. The van der Waals surface area contributed by atoms with Gasteiger partial charge in [0.15, 0.2) is 0 Å². The Morgan fingerprint density at radius 1 is 1.11 bits per heavy atom. The molecule has 1 aliphatic carbocycles. The van der Waals surface area contributed by atoms with Crippen LogP contribution >= 0.6 is 0 Å². The van der Waals surface area contributed by atoms with E-state index in [4.69, 9.17) is 4.99 Å². The van der Waals surface area contributed by atoms with E-state index in [1.807, 2.05) is 24.4 Å². The highest BCUT2D eigenvalue weighted by molar-refractivity contribution is 6.16. The van der Waals surface area contributed by atoms with Gasteiger partial charge in [0.05, 0.1) is 24.2 Å². The van der Waals surface area contributed by atoms with Gasteiger partial charge >= 0.3 is 0 Å². The van der Waals surface area contributed by atoms with Crippen molar-refractivity contribution in [2.24, 2.45) is 9.98 Å². The van der Waals surface area contributed by atoms with Gasteiger partial charge in [0.25, 0.3) is 0 Å². The zero-order valence-corrected chi connectivity index (χ0v) is 20.0. The smallest absolute Gasteiger partial charge is 0.225 e. The number of aliphatic hydroxyl groups excluding tert-OH is 1. The highest BCUT2D eigenvalue weighted by Crippen LogP contribution is 2.54. The summed E-state index contributed by atoms with van der Waals surface area (Å²) in [5.74, 6) is 0.520. The number of rotatable bonds is 5. The average molecular weight is 482 g/mol. The van der Waals surface area contributed by atoms with Crippen molar-refractivity contribution in [3.8, 4) is 0 Å². The Morgan fingerprint density at radius 2 is 2.03 bits per heavy atom. The highest BCUT2D eigenvalue weighted by Gasteiger charge is 2.55. The van der Waals surface area contributed by atoms with Crippen LogP contribution in [0.4, 0.5) is 4.39 Å². The molecule has 0 amide bonds. The Hall–Kier alpha value is -3.42.